The quantitative estimate of drug-likeness (QED) is 0.444. The Hall–Kier alpha value is -2.84. The van der Waals surface area contributed by atoms with Crippen LogP contribution in [0.15, 0.2) is 66.1 Å². The molecule has 0 aliphatic heterocycles. The van der Waals surface area contributed by atoms with Gasteiger partial charge in [-0.25, -0.2) is 8.42 Å². The summed E-state index contributed by atoms with van der Waals surface area (Å²) in [6.45, 7) is 5.88. The molecule has 0 saturated heterocycles. The molecule has 0 unspecified atom stereocenters. The third-order valence-electron chi connectivity index (χ3n) is 3.63. The van der Waals surface area contributed by atoms with Crippen LogP contribution in [0.4, 0.5) is 0 Å². The zero-order valence-electron chi connectivity index (χ0n) is 15.7. The van der Waals surface area contributed by atoms with Gasteiger partial charge in [0.15, 0.2) is 6.61 Å². The zero-order valence-corrected chi connectivity index (χ0v) is 16.5. The van der Waals surface area contributed by atoms with Gasteiger partial charge in [0.05, 0.1) is 11.5 Å². The smallest absolute Gasteiger partial charge is 0.272 e. The lowest BCUT2D eigenvalue weighted by molar-refractivity contribution is -0.123. The minimum atomic E-state index is -3.90. The van der Waals surface area contributed by atoms with Crippen molar-refractivity contribution >= 4 is 15.9 Å². The van der Waals surface area contributed by atoms with Gasteiger partial charge in [0, 0.05) is 0 Å². The summed E-state index contributed by atoms with van der Waals surface area (Å²) in [6, 6.07) is 13.2. The number of sulfonamides is 1. The van der Waals surface area contributed by atoms with E-state index < -0.39 is 15.9 Å². The summed E-state index contributed by atoms with van der Waals surface area (Å²) in [4.78, 5) is 14.0. The number of allylic oxidation sites excluding steroid dienone is 1. The monoisotopic (exact) mass is 404 g/mol. The van der Waals surface area contributed by atoms with Crippen LogP contribution >= 0.6 is 0 Å². The van der Waals surface area contributed by atoms with Crippen LogP contribution in [0.2, 0.25) is 0 Å². The topological polar surface area (TPSA) is 93.7 Å². The molecule has 2 aromatic carbocycles. The number of ether oxygens (including phenoxy) is 2. The molecular formula is C20H24N2O5S. The number of nitrogens with one attached hydrogen (secondary N) is 2. The normalized spacial score (nSPS) is 10.9. The summed E-state index contributed by atoms with van der Waals surface area (Å²) in [5.74, 6) is 0.499. The van der Waals surface area contributed by atoms with Crippen LogP contribution in [0, 0.1) is 0 Å². The van der Waals surface area contributed by atoms with Crippen LogP contribution in [0.3, 0.4) is 0 Å². The summed E-state index contributed by atoms with van der Waals surface area (Å²) in [6.07, 6.45) is 3.19. The summed E-state index contributed by atoms with van der Waals surface area (Å²) in [7, 11) is -3.90. The fourth-order valence-corrected chi connectivity index (χ4v) is 3.13. The first-order chi connectivity index (χ1) is 13.5. The number of benzene rings is 2. The van der Waals surface area contributed by atoms with Gasteiger partial charge in [-0.3, -0.25) is 10.2 Å². The first-order valence-corrected chi connectivity index (χ1v) is 10.3. The third-order valence-corrected chi connectivity index (χ3v) is 4.89. The van der Waals surface area contributed by atoms with Gasteiger partial charge in [0.2, 0.25) is 0 Å². The van der Waals surface area contributed by atoms with E-state index in [4.69, 9.17) is 9.47 Å². The van der Waals surface area contributed by atoms with Gasteiger partial charge in [-0.05, 0) is 48.7 Å². The molecule has 1 amide bonds. The minimum absolute atomic E-state index is 0.00824. The molecule has 0 atom stereocenters. The maximum atomic E-state index is 12.3. The Balaban J connectivity index is 1.88. The second-order valence-corrected chi connectivity index (χ2v) is 7.55. The lowest BCUT2D eigenvalue weighted by Gasteiger charge is -2.12. The molecule has 2 N–H and O–H groups in total. The number of hydrogen-bond donors (Lipinski definition) is 2. The van der Waals surface area contributed by atoms with E-state index in [-0.39, 0.29) is 11.5 Å². The van der Waals surface area contributed by atoms with Gasteiger partial charge >= 0.3 is 0 Å². The lowest BCUT2D eigenvalue weighted by Crippen LogP contribution is -2.43. The Labute approximate surface area is 165 Å². The van der Waals surface area contributed by atoms with Gasteiger partial charge in [-0.2, -0.15) is 0 Å². The molecule has 0 heterocycles. The zero-order chi connectivity index (χ0) is 20.4. The van der Waals surface area contributed by atoms with Gasteiger partial charge in [0.25, 0.3) is 15.9 Å². The average Bonchev–Trinajstić information content (AvgIpc) is 2.70. The van der Waals surface area contributed by atoms with Crippen molar-refractivity contribution in [1.82, 2.24) is 10.3 Å². The molecule has 0 bridgehead atoms. The van der Waals surface area contributed by atoms with E-state index in [9.17, 15) is 13.2 Å². The standard InChI is InChI=1S/C20H24N2O5S/c1-3-7-16-8-5-6-9-19(16)27-15-20(23)21-22-28(24,25)18-12-10-17(11-13-18)26-14-4-2/h3,5-6,8-13,22H,1,4,7,14-15H2,2H3,(H,21,23). The van der Waals surface area contributed by atoms with E-state index in [0.717, 1.165) is 12.0 Å². The van der Waals surface area contributed by atoms with E-state index in [2.05, 4.69) is 12.0 Å². The average molecular weight is 404 g/mol. The maximum Gasteiger partial charge on any atom is 0.272 e. The summed E-state index contributed by atoms with van der Waals surface area (Å²) in [5.41, 5.74) is 3.02. The lowest BCUT2D eigenvalue weighted by atomic mass is 10.1. The Morgan fingerprint density at radius 2 is 1.82 bits per heavy atom. The predicted octanol–water partition coefficient (Wildman–Crippen LogP) is 2.59. The highest BCUT2D eigenvalue weighted by Crippen LogP contribution is 2.18. The summed E-state index contributed by atoms with van der Waals surface area (Å²) < 4.78 is 35.4. The van der Waals surface area contributed by atoms with Crippen LogP contribution in [-0.2, 0) is 21.2 Å². The van der Waals surface area contributed by atoms with E-state index in [1.54, 1.807) is 30.3 Å². The Morgan fingerprint density at radius 1 is 1.11 bits per heavy atom. The molecule has 2 rings (SSSR count). The molecule has 8 heteroatoms. The molecule has 2 aromatic rings. The number of amides is 1. The molecular weight excluding hydrogens is 380 g/mol. The molecule has 0 fully saturated rings. The highest BCUT2D eigenvalue weighted by atomic mass is 32.2. The van der Waals surface area contributed by atoms with Crippen molar-refractivity contribution in [3.63, 3.8) is 0 Å². The predicted molar refractivity (Wildman–Crippen MR) is 107 cm³/mol. The van der Waals surface area contributed by atoms with Crippen LogP contribution in [-0.4, -0.2) is 27.5 Å². The molecule has 0 aliphatic rings. The largest absolute Gasteiger partial charge is 0.494 e. The molecule has 0 aliphatic carbocycles. The molecule has 0 aromatic heterocycles. The second kappa shape index (κ2) is 10.5. The van der Waals surface area contributed by atoms with E-state index in [0.29, 0.717) is 24.5 Å². The number of para-hydroxylation sites is 1. The van der Waals surface area contributed by atoms with Gasteiger partial charge in [-0.15, -0.1) is 11.4 Å². The molecule has 150 valence electrons. The Morgan fingerprint density at radius 3 is 2.50 bits per heavy atom. The molecule has 28 heavy (non-hydrogen) atoms. The van der Waals surface area contributed by atoms with E-state index in [1.807, 2.05) is 23.9 Å². The van der Waals surface area contributed by atoms with Crippen molar-refractivity contribution in [2.24, 2.45) is 0 Å². The van der Waals surface area contributed by atoms with E-state index >= 15 is 0 Å². The van der Waals surface area contributed by atoms with Crippen LogP contribution in [0.1, 0.15) is 18.9 Å². The first-order valence-electron chi connectivity index (χ1n) is 8.81. The number of hydrogen-bond acceptors (Lipinski definition) is 5. The number of carbonyl (C=O) groups excluding carboxylic acids is 1. The third kappa shape index (κ3) is 6.40. The van der Waals surface area contributed by atoms with Crippen molar-refractivity contribution in [3.05, 3.63) is 66.7 Å². The van der Waals surface area contributed by atoms with Crippen molar-refractivity contribution < 1.29 is 22.7 Å². The Kier molecular flexibility index (Phi) is 8.03. The molecule has 7 nitrogen and oxygen atoms in total. The highest BCUT2D eigenvalue weighted by molar-refractivity contribution is 7.89. The first kappa shape index (κ1) is 21.5. The summed E-state index contributed by atoms with van der Waals surface area (Å²) >= 11 is 0. The highest BCUT2D eigenvalue weighted by Gasteiger charge is 2.15. The number of carbonyl (C=O) groups is 1. The maximum absolute atomic E-state index is 12.3. The summed E-state index contributed by atoms with van der Waals surface area (Å²) in [5, 5.41) is 0. The van der Waals surface area contributed by atoms with E-state index in [1.165, 1.54) is 12.1 Å². The molecule has 0 saturated carbocycles. The van der Waals surface area contributed by atoms with Gasteiger partial charge < -0.3 is 9.47 Å². The van der Waals surface area contributed by atoms with Crippen molar-refractivity contribution in [2.45, 2.75) is 24.7 Å². The number of rotatable bonds is 11. The van der Waals surface area contributed by atoms with Crippen LogP contribution in [0.25, 0.3) is 0 Å². The SMILES string of the molecule is C=CCc1ccccc1OCC(=O)NNS(=O)(=O)c1ccc(OCCC)cc1. The van der Waals surface area contributed by atoms with Crippen molar-refractivity contribution in [3.8, 4) is 11.5 Å². The van der Waals surface area contributed by atoms with Gasteiger partial charge in [-0.1, -0.05) is 31.2 Å². The van der Waals surface area contributed by atoms with Crippen molar-refractivity contribution in [2.75, 3.05) is 13.2 Å². The molecule has 0 radical (unpaired) electrons. The van der Waals surface area contributed by atoms with Gasteiger partial charge in [0.1, 0.15) is 11.5 Å². The van der Waals surface area contributed by atoms with Crippen LogP contribution < -0.4 is 19.7 Å². The second-order valence-electron chi connectivity index (χ2n) is 5.86. The number of hydrazine groups is 1. The van der Waals surface area contributed by atoms with Crippen molar-refractivity contribution in [1.29, 1.82) is 0 Å². The fourth-order valence-electron chi connectivity index (χ4n) is 2.27. The fraction of sp³-hybridized carbons (Fsp3) is 0.250. The van der Waals surface area contributed by atoms with Crippen LogP contribution in [0.5, 0.6) is 11.5 Å². The molecule has 0 spiro atoms. The Bertz CT molecular complexity index is 895. The minimum Gasteiger partial charge on any atom is -0.494 e.